The van der Waals surface area contributed by atoms with E-state index >= 15 is 0 Å². The van der Waals surface area contributed by atoms with Gasteiger partial charge in [-0.2, -0.15) is 10.4 Å². The van der Waals surface area contributed by atoms with Crippen molar-refractivity contribution in [3.63, 3.8) is 0 Å². The average molecular weight is 565 g/mol. The van der Waals surface area contributed by atoms with E-state index in [0.717, 1.165) is 53.7 Å². The third kappa shape index (κ3) is 5.72. The molecule has 11 heteroatoms. The normalized spacial score (nSPS) is 21.4. The molecule has 3 unspecified atom stereocenters. The number of hydrogen-bond donors (Lipinski definition) is 1. The fourth-order valence-electron chi connectivity index (χ4n) is 5.79. The summed E-state index contributed by atoms with van der Waals surface area (Å²) >= 11 is 0. The zero-order valence-electron chi connectivity index (χ0n) is 22.7. The second-order valence-corrected chi connectivity index (χ2v) is 12.9. The zero-order valence-corrected chi connectivity index (χ0v) is 23.5. The first-order valence-corrected chi connectivity index (χ1v) is 15.5. The number of anilines is 1. The summed E-state index contributed by atoms with van der Waals surface area (Å²) in [5, 5.41) is 17.0. The first kappa shape index (κ1) is 27.8. The molecule has 1 amide bonds. The molecule has 5 rings (SSSR count). The molecular formula is C29H33FN6O3S. The van der Waals surface area contributed by atoms with Crippen LogP contribution < -0.4 is 10.2 Å². The van der Waals surface area contributed by atoms with Crippen LogP contribution in [-0.4, -0.2) is 59.7 Å². The van der Waals surface area contributed by atoms with Gasteiger partial charge in [0.25, 0.3) is 0 Å². The molecule has 1 saturated carbocycles. The lowest BCUT2D eigenvalue weighted by Crippen LogP contribution is -2.40. The third-order valence-corrected chi connectivity index (χ3v) is 9.55. The number of hydrogen-bond acceptors (Lipinski definition) is 7. The van der Waals surface area contributed by atoms with Crippen molar-refractivity contribution < 1.29 is 17.6 Å². The van der Waals surface area contributed by atoms with Crippen molar-refractivity contribution >= 4 is 21.4 Å². The number of rotatable bonds is 6. The molecule has 210 valence electrons. The van der Waals surface area contributed by atoms with Gasteiger partial charge in [0, 0.05) is 36.2 Å². The van der Waals surface area contributed by atoms with E-state index in [0.29, 0.717) is 25.3 Å². The zero-order chi connectivity index (χ0) is 28.4. The van der Waals surface area contributed by atoms with Crippen LogP contribution in [-0.2, 0) is 14.6 Å². The predicted molar refractivity (Wildman–Crippen MR) is 150 cm³/mol. The standard InChI is InChI=1S/C29H33FN6O3S/c1-19(17-31)33-29(37)25-6-4-3-5-24(25)28-27(20(2)36(34-28)26-12-9-22(30)18-32-26)21-7-10-23(11-8-21)35-13-15-40(38,39)16-14-35/h7-12,18-19,24-25H,3-6,13-16H2,1-2H3,(H,33,37). The summed E-state index contributed by atoms with van der Waals surface area (Å²) in [7, 11) is -2.98. The number of benzene rings is 1. The van der Waals surface area contributed by atoms with E-state index in [9.17, 15) is 22.9 Å². The Morgan fingerprint density at radius 3 is 2.48 bits per heavy atom. The van der Waals surface area contributed by atoms with Crippen LogP contribution in [0.15, 0.2) is 42.6 Å². The molecule has 0 radical (unpaired) electrons. The molecule has 3 atom stereocenters. The maximum absolute atomic E-state index is 13.7. The number of nitriles is 1. The van der Waals surface area contributed by atoms with Crippen molar-refractivity contribution in [1.29, 1.82) is 5.26 Å². The van der Waals surface area contributed by atoms with Crippen LogP contribution in [0.4, 0.5) is 10.1 Å². The molecule has 1 aliphatic carbocycles. The van der Waals surface area contributed by atoms with Crippen molar-refractivity contribution in [2.24, 2.45) is 5.92 Å². The van der Waals surface area contributed by atoms with E-state index in [-0.39, 0.29) is 29.2 Å². The van der Waals surface area contributed by atoms with E-state index in [1.807, 2.05) is 31.2 Å². The van der Waals surface area contributed by atoms with Gasteiger partial charge in [-0.05, 0) is 56.5 Å². The van der Waals surface area contributed by atoms with Crippen molar-refractivity contribution in [1.82, 2.24) is 20.1 Å². The van der Waals surface area contributed by atoms with Crippen LogP contribution in [0.1, 0.15) is 49.9 Å². The number of nitrogens with one attached hydrogen (secondary N) is 1. The van der Waals surface area contributed by atoms with Crippen LogP contribution in [0.25, 0.3) is 16.9 Å². The molecule has 2 aromatic heterocycles. The van der Waals surface area contributed by atoms with E-state index in [1.54, 1.807) is 17.7 Å². The highest BCUT2D eigenvalue weighted by molar-refractivity contribution is 7.91. The van der Waals surface area contributed by atoms with Gasteiger partial charge in [-0.15, -0.1) is 0 Å². The summed E-state index contributed by atoms with van der Waals surface area (Å²) in [6, 6.07) is 12.4. The van der Waals surface area contributed by atoms with Gasteiger partial charge in [0.1, 0.15) is 11.9 Å². The number of nitrogens with zero attached hydrogens (tertiary/aromatic N) is 5. The number of aromatic nitrogens is 3. The quantitative estimate of drug-likeness (QED) is 0.482. The third-order valence-electron chi connectivity index (χ3n) is 7.94. The minimum absolute atomic E-state index is 0.144. The maximum Gasteiger partial charge on any atom is 0.224 e. The highest BCUT2D eigenvalue weighted by Crippen LogP contribution is 2.43. The number of carbonyl (C=O) groups is 1. The molecule has 3 aromatic rings. The van der Waals surface area contributed by atoms with E-state index in [2.05, 4.69) is 21.3 Å². The number of halogens is 1. The molecular weight excluding hydrogens is 531 g/mol. The summed E-state index contributed by atoms with van der Waals surface area (Å²) in [4.78, 5) is 19.6. The summed E-state index contributed by atoms with van der Waals surface area (Å²) in [5.41, 5.74) is 4.37. The molecule has 0 spiro atoms. The molecule has 1 aromatic carbocycles. The Balaban J connectivity index is 1.55. The van der Waals surface area contributed by atoms with Crippen molar-refractivity contribution in [3.8, 4) is 23.0 Å². The lowest BCUT2D eigenvalue weighted by molar-refractivity contribution is -0.126. The first-order chi connectivity index (χ1) is 19.2. The van der Waals surface area contributed by atoms with E-state index in [1.165, 1.54) is 6.07 Å². The van der Waals surface area contributed by atoms with Crippen LogP contribution >= 0.6 is 0 Å². The van der Waals surface area contributed by atoms with Crippen LogP contribution in [0.3, 0.4) is 0 Å². The Kier molecular flexibility index (Phi) is 7.90. The molecule has 1 aliphatic heterocycles. The van der Waals surface area contributed by atoms with Gasteiger partial charge in [0.2, 0.25) is 5.91 Å². The monoisotopic (exact) mass is 564 g/mol. The minimum Gasteiger partial charge on any atom is -0.369 e. The van der Waals surface area contributed by atoms with Crippen LogP contribution in [0.5, 0.6) is 0 Å². The Labute approximate surface area is 233 Å². The lowest BCUT2D eigenvalue weighted by Gasteiger charge is -2.31. The predicted octanol–water partition coefficient (Wildman–Crippen LogP) is 3.92. The number of sulfone groups is 1. The molecule has 9 nitrogen and oxygen atoms in total. The molecule has 3 heterocycles. The average Bonchev–Trinajstić information content (AvgIpc) is 3.30. The summed E-state index contributed by atoms with van der Waals surface area (Å²) in [5.74, 6) is -0.315. The molecule has 40 heavy (non-hydrogen) atoms. The topological polar surface area (TPSA) is 121 Å². The SMILES string of the molecule is Cc1c(-c2ccc(N3CCS(=O)(=O)CC3)cc2)c(C2CCCCC2C(=O)NC(C)C#N)nn1-c1ccc(F)cn1. The smallest absolute Gasteiger partial charge is 0.224 e. The van der Waals surface area contributed by atoms with Gasteiger partial charge in [-0.3, -0.25) is 4.79 Å². The highest BCUT2D eigenvalue weighted by atomic mass is 32.2. The van der Waals surface area contributed by atoms with Gasteiger partial charge < -0.3 is 10.2 Å². The second kappa shape index (κ2) is 11.4. The minimum atomic E-state index is -2.98. The molecule has 2 fully saturated rings. The molecule has 1 saturated heterocycles. The number of amides is 1. The summed E-state index contributed by atoms with van der Waals surface area (Å²) < 4.78 is 39.1. The number of pyridine rings is 1. The fourth-order valence-corrected chi connectivity index (χ4v) is 6.99. The van der Waals surface area contributed by atoms with Gasteiger partial charge >= 0.3 is 0 Å². The first-order valence-electron chi connectivity index (χ1n) is 13.6. The van der Waals surface area contributed by atoms with Gasteiger partial charge in [-0.1, -0.05) is 25.0 Å². The molecule has 2 aliphatic rings. The van der Waals surface area contributed by atoms with Gasteiger partial charge in [-0.25, -0.2) is 22.5 Å². The van der Waals surface area contributed by atoms with Gasteiger partial charge in [0.05, 0.1) is 35.2 Å². The Morgan fingerprint density at radius 2 is 1.82 bits per heavy atom. The van der Waals surface area contributed by atoms with Crippen LogP contribution in [0, 0.1) is 30.0 Å². The fraction of sp³-hybridized carbons (Fsp3) is 0.448. The van der Waals surface area contributed by atoms with E-state index < -0.39 is 21.7 Å². The maximum atomic E-state index is 13.7. The lowest BCUT2D eigenvalue weighted by atomic mass is 9.75. The van der Waals surface area contributed by atoms with Crippen molar-refractivity contribution in [2.75, 3.05) is 29.5 Å². The Hall–Kier alpha value is -3.78. The van der Waals surface area contributed by atoms with E-state index in [4.69, 9.17) is 5.10 Å². The van der Waals surface area contributed by atoms with Crippen molar-refractivity contribution in [3.05, 3.63) is 59.8 Å². The molecule has 0 bridgehead atoms. The Morgan fingerprint density at radius 1 is 1.12 bits per heavy atom. The number of carbonyl (C=O) groups excluding carboxylic acids is 1. The largest absolute Gasteiger partial charge is 0.369 e. The summed E-state index contributed by atoms with van der Waals surface area (Å²) in [6.45, 7) is 4.52. The van der Waals surface area contributed by atoms with Gasteiger partial charge in [0.15, 0.2) is 15.7 Å². The Bertz CT molecular complexity index is 1520. The molecule has 1 N–H and O–H groups in total. The highest BCUT2D eigenvalue weighted by Gasteiger charge is 2.37. The van der Waals surface area contributed by atoms with Crippen molar-refractivity contribution in [2.45, 2.75) is 51.5 Å². The summed E-state index contributed by atoms with van der Waals surface area (Å²) in [6.07, 6.45) is 4.51. The van der Waals surface area contributed by atoms with Crippen LogP contribution in [0.2, 0.25) is 0 Å². The second-order valence-electron chi connectivity index (χ2n) is 10.6.